The minimum Gasteiger partial charge on any atom is -0.369 e. The third kappa shape index (κ3) is 2.61. The van der Waals surface area contributed by atoms with Crippen LogP contribution in [-0.4, -0.2) is 15.0 Å². The van der Waals surface area contributed by atoms with Crippen LogP contribution in [0, 0.1) is 0 Å². The van der Waals surface area contributed by atoms with Gasteiger partial charge in [-0.15, -0.1) is 0 Å². The number of unbranched alkanes of at least 4 members (excludes halogenated alkanes) is 2. The molecule has 3 N–H and O–H groups in total. The number of aryl methyl sites for hydroxylation is 1. The molecule has 2 heterocycles. The molecule has 0 aromatic carbocycles. The number of hydrogen-bond acceptors (Lipinski definition) is 4. The van der Waals surface area contributed by atoms with Gasteiger partial charge in [0.1, 0.15) is 0 Å². The summed E-state index contributed by atoms with van der Waals surface area (Å²) in [6.07, 6.45) is 6.20. The van der Waals surface area contributed by atoms with E-state index in [-0.39, 0.29) is 11.5 Å². The van der Waals surface area contributed by atoms with Crippen LogP contribution >= 0.6 is 0 Å². The van der Waals surface area contributed by atoms with Crippen molar-refractivity contribution in [2.75, 3.05) is 5.73 Å². The largest absolute Gasteiger partial charge is 0.369 e. The van der Waals surface area contributed by atoms with Crippen molar-refractivity contribution in [2.45, 2.75) is 32.6 Å². The average molecular weight is 232 g/mol. The Morgan fingerprint density at radius 1 is 1.41 bits per heavy atom. The minimum atomic E-state index is -0.225. The van der Waals surface area contributed by atoms with E-state index in [9.17, 15) is 4.79 Å². The van der Waals surface area contributed by atoms with E-state index in [0.29, 0.717) is 11.0 Å². The first-order valence-corrected chi connectivity index (χ1v) is 5.85. The third-order valence-electron chi connectivity index (χ3n) is 2.70. The Bertz CT molecular complexity index is 576. The van der Waals surface area contributed by atoms with Crippen molar-refractivity contribution in [3.63, 3.8) is 0 Å². The third-order valence-corrected chi connectivity index (χ3v) is 2.70. The van der Waals surface area contributed by atoms with Crippen molar-refractivity contribution in [1.82, 2.24) is 15.0 Å². The molecule has 0 atom stereocenters. The van der Waals surface area contributed by atoms with E-state index in [1.54, 1.807) is 6.20 Å². The van der Waals surface area contributed by atoms with Crippen LogP contribution < -0.4 is 11.3 Å². The van der Waals surface area contributed by atoms with Gasteiger partial charge in [-0.25, -0.2) is 4.98 Å². The topological polar surface area (TPSA) is 84.7 Å². The lowest BCUT2D eigenvalue weighted by Gasteiger charge is -2.02. The van der Waals surface area contributed by atoms with E-state index < -0.39 is 0 Å². The normalized spacial score (nSPS) is 10.9. The maximum Gasteiger partial charge on any atom is 0.261 e. The molecule has 2 rings (SSSR count). The molecule has 0 spiro atoms. The fraction of sp³-hybridized carbons (Fsp3) is 0.417. The predicted molar refractivity (Wildman–Crippen MR) is 67.8 cm³/mol. The number of anilines is 1. The van der Waals surface area contributed by atoms with Crippen LogP contribution in [-0.2, 0) is 6.42 Å². The lowest BCUT2D eigenvalue weighted by molar-refractivity contribution is 0.716. The van der Waals surface area contributed by atoms with Crippen LogP contribution in [0.1, 0.15) is 31.7 Å². The zero-order chi connectivity index (χ0) is 12.3. The lowest BCUT2D eigenvalue weighted by Crippen LogP contribution is -2.12. The van der Waals surface area contributed by atoms with Gasteiger partial charge in [-0.3, -0.25) is 9.78 Å². The van der Waals surface area contributed by atoms with Crippen LogP contribution in [0.5, 0.6) is 0 Å². The highest BCUT2D eigenvalue weighted by Gasteiger charge is 2.04. The molecular weight excluding hydrogens is 216 g/mol. The van der Waals surface area contributed by atoms with Gasteiger partial charge in [-0.1, -0.05) is 19.8 Å². The summed E-state index contributed by atoms with van der Waals surface area (Å²) in [7, 11) is 0. The van der Waals surface area contributed by atoms with Crippen LogP contribution in [0.3, 0.4) is 0 Å². The number of H-pyrrole nitrogens is 1. The van der Waals surface area contributed by atoms with Gasteiger partial charge in [0.05, 0.1) is 5.39 Å². The van der Waals surface area contributed by atoms with E-state index in [0.717, 1.165) is 18.4 Å². The molecule has 0 amide bonds. The number of nitrogen functional groups attached to an aromatic ring is 1. The predicted octanol–water partition coefficient (Wildman–Crippen LogP) is 1.63. The highest BCUT2D eigenvalue weighted by Crippen LogP contribution is 2.10. The molecule has 0 aliphatic rings. The van der Waals surface area contributed by atoms with Crippen LogP contribution in [0.25, 0.3) is 11.0 Å². The van der Waals surface area contributed by atoms with Gasteiger partial charge in [-0.2, -0.15) is 4.98 Å². The monoisotopic (exact) mass is 232 g/mol. The van der Waals surface area contributed by atoms with Crippen molar-refractivity contribution >= 4 is 17.0 Å². The molecule has 5 heteroatoms. The number of pyridine rings is 1. The van der Waals surface area contributed by atoms with Crippen LogP contribution in [0.2, 0.25) is 0 Å². The zero-order valence-corrected chi connectivity index (χ0v) is 9.86. The summed E-state index contributed by atoms with van der Waals surface area (Å²) >= 11 is 0. The Morgan fingerprint density at radius 2 is 2.24 bits per heavy atom. The van der Waals surface area contributed by atoms with Crippen molar-refractivity contribution < 1.29 is 0 Å². The second-order valence-corrected chi connectivity index (χ2v) is 4.12. The molecule has 0 saturated heterocycles. The van der Waals surface area contributed by atoms with Crippen molar-refractivity contribution in [3.8, 4) is 0 Å². The standard InChI is InChI=1S/C12H16N4O/c1-2-3-4-5-8-6-9-10(14-7-8)15-12(13)16-11(9)17/h6-7H,2-5H2,1H3,(H3,13,14,15,16,17). The molecule has 2 aromatic heterocycles. The van der Waals surface area contributed by atoms with Gasteiger partial charge in [0.2, 0.25) is 5.95 Å². The van der Waals surface area contributed by atoms with E-state index in [1.807, 2.05) is 6.07 Å². The molecule has 0 aliphatic carbocycles. The first-order chi connectivity index (χ1) is 8.20. The highest BCUT2D eigenvalue weighted by molar-refractivity contribution is 5.74. The molecule has 0 bridgehead atoms. The number of nitrogens with zero attached hydrogens (tertiary/aromatic N) is 2. The summed E-state index contributed by atoms with van der Waals surface area (Å²) < 4.78 is 0. The number of aromatic nitrogens is 3. The number of rotatable bonds is 4. The van der Waals surface area contributed by atoms with Gasteiger partial charge in [0.15, 0.2) is 5.65 Å². The quantitative estimate of drug-likeness (QED) is 0.785. The van der Waals surface area contributed by atoms with Gasteiger partial charge in [0.25, 0.3) is 5.56 Å². The second kappa shape index (κ2) is 4.95. The lowest BCUT2D eigenvalue weighted by atomic mass is 10.1. The fourth-order valence-corrected chi connectivity index (χ4v) is 1.80. The summed E-state index contributed by atoms with van der Waals surface area (Å²) in [6, 6.07) is 1.85. The van der Waals surface area contributed by atoms with E-state index >= 15 is 0 Å². The van der Waals surface area contributed by atoms with Crippen molar-refractivity contribution in [1.29, 1.82) is 0 Å². The summed E-state index contributed by atoms with van der Waals surface area (Å²) in [5.74, 6) is 0.105. The molecule has 0 saturated carbocycles. The Labute approximate surface area is 99.1 Å². The summed E-state index contributed by atoms with van der Waals surface area (Å²) in [4.78, 5) is 22.3. The van der Waals surface area contributed by atoms with E-state index in [1.165, 1.54) is 12.8 Å². The average Bonchev–Trinajstić information content (AvgIpc) is 2.30. The van der Waals surface area contributed by atoms with Gasteiger partial charge in [0, 0.05) is 6.20 Å². The highest BCUT2D eigenvalue weighted by atomic mass is 16.1. The molecule has 17 heavy (non-hydrogen) atoms. The van der Waals surface area contributed by atoms with Crippen molar-refractivity contribution in [2.24, 2.45) is 0 Å². The zero-order valence-electron chi connectivity index (χ0n) is 9.86. The van der Waals surface area contributed by atoms with Gasteiger partial charge in [-0.05, 0) is 24.5 Å². The number of aromatic amines is 1. The summed E-state index contributed by atoms with van der Waals surface area (Å²) in [6.45, 7) is 2.16. The fourth-order valence-electron chi connectivity index (χ4n) is 1.80. The number of hydrogen-bond donors (Lipinski definition) is 2. The molecule has 0 unspecified atom stereocenters. The minimum absolute atomic E-state index is 0.105. The molecule has 0 fully saturated rings. The molecule has 90 valence electrons. The number of nitrogens with one attached hydrogen (secondary N) is 1. The Kier molecular flexibility index (Phi) is 3.37. The van der Waals surface area contributed by atoms with Crippen LogP contribution in [0.4, 0.5) is 5.95 Å². The SMILES string of the molecule is CCCCCc1cnc2nc(N)[nH]c(=O)c2c1. The first kappa shape index (κ1) is 11.6. The Balaban J connectivity index is 2.33. The van der Waals surface area contributed by atoms with E-state index in [2.05, 4.69) is 21.9 Å². The van der Waals surface area contributed by atoms with Crippen LogP contribution in [0.15, 0.2) is 17.1 Å². The maximum atomic E-state index is 11.7. The van der Waals surface area contributed by atoms with Gasteiger partial charge < -0.3 is 5.73 Å². The molecular formula is C12H16N4O. The molecule has 0 aliphatic heterocycles. The summed E-state index contributed by atoms with van der Waals surface area (Å²) in [5, 5.41) is 0.508. The van der Waals surface area contributed by atoms with Crippen molar-refractivity contribution in [3.05, 3.63) is 28.2 Å². The maximum absolute atomic E-state index is 11.7. The number of fused-ring (bicyclic) bond motifs is 1. The molecule has 0 radical (unpaired) electrons. The Morgan fingerprint density at radius 3 is 3.00 bits per heavy atom. The number of nitrogens with two attached hydrogens (primary N) is 1. The smallest absolute Gasteiger partial charge is 0.261 e. The summed E-state index contributed by atoms with van der Waals surface area (Å²) in [5.41, 5.74) is 6.71. The molecule has 2 aromatic rings. The Hall–Kier alpha value is -1.91. The molecule has 5 nitrogen and oxygen atoms in total. The first-order valence-electron chi connectivity index (χ1n) is 5.85. The van der Waals surface area contributed by atoms with Gasteiger partial charge >= 0.3 is 0 Å². The second-order valence-electron chi connectivity index (χ2n) is 4.12. The van der Waals surface area contributed by atoms with E-state index in [4.69, 9.17) is 5.73 Å².